The van der Waals surface area contributed by atoms with Crippen molar-refractivity contribution in [2.75, 3.05) is 0 Å². The van der Waals surface area contributed by atoms with Crippen molar-refractivity contribution in [2.24, 2.45) is 0 Å². The molecule has 72 valence electrons. The van der Waals surface area contributed by atoms with Crippen LogP contribution in [-0.4, -0.2) is 21.9 Å². The number of ether oxygens (including phenoxy) is 1. The van der Waals surface area contributed by atoms with Crippen molar-refractivity contribution < 1.29 is 14.3 Å². The third-order valence-electron chi connectivity index (χ3n) is 1.47. The predicted octanol–water partition coefficient (Wildman–Crippen LogP) is 0.898. The summed E-state index contributed by atoms with van der Waals surface area (Å²) in [6.07, 6.45) is 1.42. The van der Waals surface area contributed by atoms with Gasteiger partial charge in [0, 0.05) is 6.20 Å². The van der Waals surface area contributed by atoms with Gasteiger partial charge in [-0.1, -0.05) is 0 Å². The highest BCUT2D eigenvalue weighted by Crippen LogP contribution is 2.14. The van der Waals surface area contributed by atoms with E-state index in [0.29, 0.717) is 5.69 Å². The molecule has 0 atom stereocenters. The maximum Gasteiger partial charge on any atom is 0.367 e. The zero-order valence-corrected chi connectivity index (χ0v) is 7.61. The number of cyclic esters (lactones) is 2. The van der Waals surface area contributed by atoms with Gasteiger partial charge in [-0.3, -0.25) is 0 Å². The van der Waals surface area contributed by atoms with Crippen molar-refractivity contribution >= 4 is 11.9 Å². The van der Waals surface area contributed by atoms with Crippen LogP contribution in [0.3, 0.4) is 0 Å². The summed E-state index contributed by atoms with van der Waals surface area (Å²) in [5.74, 6) is -1.44. The first-order chi connectivity index (χ1) is 6.68. The molecule has 0 amide bonds. The smallest absolute Gasteiger partial charge is 0.367 e. The van der Waals surface area contributed by atoms with E-state index in [1.807, 2.05) is 0 Å². The van der Waals surface area contributed by atoms with Crippen molar-refractivity contribution in [3.05, 3.63) is 36.4 Å². The molecule has 1 aliphatic rings. The van der Waals surface area contributed by atoms with Crippen LogP contribution in [0.25, 0.3) is 0 Å². The van der Waals surface area contributed by atoms with Crippen LogP contribution in [0.5, 0.6) is 0 Å². The van der Waals surface area contributed by atoms with Crippen LogP contribution in [-0.2, 0) is 4.74 Å². The highest BCUT2D eigenvalue weighted by molar-refractivity contribution is 6.12. The summed E-state index contributed by atoms with van der Waals surface area (Å²) in [7, 11) is 0. The Hall–Kier alpha value is -2.04. The van der Waals surface area contributed by atoms with E-state index >= 15 is 0 Å². The third-order valence-corrected chi connectivity index (χ3v) is 1.47. The Labute approximate surface area is 80.4 Å². The van der Waals surface area contributed by atoms with Gasteiger partial charge in [-0.25, -0.2) is 19.6 Å². The molecule has 14 heavy (non-hydrogen) atoms. The molecule has 0 bridgehead atoms. The van der Waals surface area contributed by atoms with Crippen LogP contribution in [0.15, 0.2) is 19.4 Å². The number of aryl methyl sites for hydroxylation is 1. The highest BCUT2D eigenvalue weighted by atomic mass is 16.6. The fourth-order valence-electron chi connectivity index (χ4n) is 0.950. The van der Waals surface area contributed by atoms with Crippen molar-refractivity contribution in [1.82, 2.24) is 9.97 Å². The summed E-state index contributed by atoms with van der Waals surface area (Å²) >= 11 is 0. The summed E-state index contributed by atoms with van der Waals surface area (Å²) in [5, 5.41) is 0. The van der Waals surface area contributed by atoms with Gasteiger partial charge in [0.15, 0.2) is 11.4 Å². The first kappa shape index (κ1) is 10.0. The zero-order chi connectivity index (χ0) is 10.7. The fourth-order valence-corrected chi connectivity index (χ4v) is 0.950. The summed E-state index contributed by atoms with van der Waals surface area (Å²) in [4.78, 5) is 29.3. The number of carbonyl (C=O) groups is 2. The van der Waals surface area contributed by atoms with Crippen LogP contribution in [0, 0.1) is 6.92 Å². The molecular weight excluding hydrogens is 184 g/mol. The lowest BCUT2D eigenvalue weighted by Crippen LogP contribution is -2.00. The Morgan fingerprint density at radius 1 is 1.21 bits per heavy atom. The van der Waals surface area contributed by atoms with Gasteiger partial charge < -0.3 is 4.74 Å². The van der Waals surface area contributed by atoms with Crippen LogP contribution in [0.2, 0.25) is 0 Å². The largest absolute Gasteiger partial charge is 0.383 e. The molecule has 0 unspecified atom stereocenters. The van der Waals surface area contributed by atoms with Gasteiger partial charge in [0.2, 0.25) is 0 Å². The molecule has 0 N–H and O–H groups in total. The molecule has 0 fully saturated rings. The number of esters is 2. The Morgan fingerprint density at radius 2 is 1.79 bits per heavy atom. The van der Waals surface area contributed by atoms with Crippen molar-refractivity contribution in [1.29, 1.82) is 0 Å². The maximum absolute atomic E-state index is 10.9. The molecule has 5 nitrogen and oxygen atoms in total. The molecule has 0 saturated carbocycles. The van der Waals surface area contributed by atoms with Crippen molar-refractivity contribution in [3.63, 3.8) is 0 Å². The van der Waals surface area contributed by atoms with Gasteiger partial charge in [0.1, 0.15) is 0 Å². The van der Waals surface area contributed by atoms with E-state index in [4.69, 9.17) is 0 Å². The molecule has 1 aromatic heterocycles. The molecule has 1 aromatic rings. The van der Waals surface area contributed by atoms with E-state index in [2.05, 4.69) is 27.9 Å². The van der Waals surface area contributed by atoms with Crippen LogP contribution < -0.4 is 0 Å². The van der Waals surface area contributed by atoms with E-state index in [0.717, 1.165) is 0 Å². The lowest BCUT2D eigenvalue weighted by molar-refractivity contribution is 0.0439. The summed E-state index contributed by atoms with van der Waals surface area (Å²) in [6, 6.07) is 0. The average Bonchev–Trinajstić information content (AvgIpc) is 2.46. The van der Waals surface area contributed by atoms with Gasteiger partial charge in [-0.2, -0.15) is 0 Å². The Bertz CT molecular complexity index is 401. The molecule has 0 spiro atoms. The second-order valence-corrected chi connectivity index (χ2v) is 2.39. The minimum Gasteiger partial charge on any atom is -0.383 e. The topological polar surface area (TPSA) is 69.2 Å². The number of fused-ring (bicyclic) bond motifs is 1. The number of nitrogens with zero attached hydrogens (tertiary/aromatic N) is 2. The highest BCUT2D eigenvalue weighted by Gasteiger charge is 2.32. The van der Waals surface area contributed by atoms with Gasteiger partial charge in [-0.05, 0) is 6.92 Å². The standard InChI is InChI=1S/C7H4N2O3.C2H4/c1-3-2-8-4-5(9-3)7(11)12-6(4)10;1-2/h2H,1H3;1-2H2. The van der Waals surface area contributed by atoms with Crippen LogP contribution in [0.1, 0.15) is 26.7 Å². The van der Waals surface area contributed by atoms with Gasteiger partial charge in [0.25, 0.3) is 0 Å². The molecule has 2 heterocycles. The second-order valence-electron chi connectivity index (χ2n) is 2.39. The van der Waals surface area contributed by atoms with E-state index in [-0.39, 0.29) is 11.4 Å². The van der Waals surface area contributed by atoms with E-state index < -0.39 is 11.9 Å². The van der Waals surface area contributed by atoms with Gasteiger partial charge in [0.05, 0.1) is 5.69 Å². The Morgan fingerprint density at radius 3 is 2.43 bits per heavy atom. The van der Waals surface area contributed by atoms with E-state index in [1.165, 1.54) is 6.20 Å². The van der Waals surface area contributed by atoms with Gasteiger partial charge in [-0.15, -0.1) is 13.2 Å². The molecule has 0 aliphatic carbocycles. The zero-order valence-electron chi connectivity index (χ0n) is 7.61. The molecule has 1 aliphatic heterocycles. The molecular formula is C9H8N2O3. The average molecular weight is 192 g/mol. The summed E-state index contributed by atoms with van der Waals surface area (Å²) in [5.41, 5.74) is 0.603. The number of hydrogen-bond donors (Lipinski definition) is 0. The number of carbonyl (C=O) groups excluding carboxylic acids is 2. The number of aromatic nitrogens is 2. The normalized spacial score (nSPS) is 12.6. The lowest BCUT2D eigenvalue weighted by atomic mass is 10.3. The van der Waals surface area contributed by atoms with Crippen LogP contribution in [0.4, 0.5) is 0 Å². The quantitative estimate of drug-likeness (QED) is 0.347. The fraction of sp³-hybridized carbons (Fsp3) is 0.111. The van der Waals surface area contributed by atoms with Crippen molar-refractivity contribution in [3.8, 4) is 0 Å². The Kier molecular flexibility index (Phi) is 2.71. The minimum absolute atomic E-state index is 0.00519. The predicted molar refractivity (Wildman–Crippen MR) is 47.8 cm³/mol. The molecule has 0 saturated heterocycles. The molecule has 0 radical (unpaired) electrons. The minimum atomic E-state index is -0.720. The van der Waals surface area contributed by atoms with E-state index in [1.54, 1.807) is 6.92 Å². The van der Waals surface area contributed by atoms with E-state index in [9.17, 15) is 9.59 Å². The SMILES string of the molecule is C=C.Cc1cnc2c(n1)C(=O)OC2=O. The first-order valence-electron chi connectivity index (χ1n) is 3.78. The molecule has 2 rings (SSSR count). The number of hydrogen-bond acceptors (Lipinski definition) is 5. The second kappa shape index (κ2) is 3.78. The Balaban J connectivity index is 0.000000461. The maximum atomic E-state index is 10.9. The van der Waals surface area contributed by atoms with Gasteiger partial charge >= 0.3 is 11.9 Å². The van der Waals surface area contributed by atoms with Crippen molar-refractivity contribution in [2.45, 2.75) is 6.92 Å². The first-order valence-corrected chi connectivity index (χ1v) is 3.78. The molecule has 5 heteroatoms. The lowest BCUT2D eigenvalue weighted by Gasteiger charge is -1.91. The van der Waals surface area contributed by atoms with Crippen LogP contribution >= 0.6 is 0 Å². The summed E-state index contributed by atoms with van der Waals surface area (Å²) in [6.45, 7) is 7.68. The monoisotopic (exact) mass is 192 g/mol. The summed E-state index contributed by atoms with van der Waals surface area (Å²) < 4.78 is 4.28. The third kappa shape index (κ3) is 1.52. The molecule has 0 aromatic carbocycles. The number of rotatable bonds is 0.